The van der Waals surface area contributed by atoms with E-state index < -0.39 is 0 Å². The van der Waals surface area contributed by atoms with E-state index in [4.69, 9.17) is 0 Å². The van der Waals surface area contributed by atoms with Crippen molar-refractivity contribution in [2.24, 2.45) is 0 Å². The topological polar surface area (TPSA) is 53.4 Å². The lowest BCUT2D eigenvalue weighted by molar-refractivity contribution is 0.0546. The molecule has 2 heterocycles. The second-order valence-corrected chi connectivity index (χ2v) is 5.72. The standard InChI is InChI=1S/C19H17FN2O2/c20-16-3-1-2-14(12-16)4-6-17-7-5-15(13-21-17)19(24)22-10-8-18(23)9-11-22/h1-3,5,7,12-13,18,23H,8-11H2. The average molecular weight is 324 g/mol. The number of piperidine rings is 1. The Morgan fingerprint density at radius 1 is 1.21 bits per heavy atom. The highest BCUT2D eigenvalue weighted by Crippen LogP contribution is 2.13. The van der Waals surface area contributed by atoms with Crippen LogP contribution in [0.4, 0.5) is 4.39 Å². The highest BCUT2D eigenvalue weighted by molar-refractivity contribution is 5.94. The van der Waals surface area contributed by atoms with Crippen molar-refractivity contribution < 1.29 is 14.3 Å². The van der Waals surface area contributed by atoms with Crippen molar-refractivity contribution in [1.82, 2.24) is 9.88 Å². The lowest BCUT2D eigenvalue weighted by Crippen LogP contribution is -2.40. The van der Waals surface area contributed by atoms with E-state index in [1.54, 1.807) is 29.2 Å². The Balaban J connectivity index is 1.68. The predicted molar refractivity (Wildman–Crippen MR) is 87.8 cm³/mol. The highest BCUT2D eigenvalue weighted by Gasteiger charge is 2.22. The number of halogens is 1. The minimum atomic E-state index is -0.331. The molecule has 1 saturated heterocycles. The first kappa shape index (κ1) is 16.2. The quantitative estimate of drug-likeness (QED) is 0.819. The Morgan fingerprint density at radius 3 is 2.67 bits per heavy atom. The fourth-order valence-corrected chi connectivity index (χ4v) is 2.55. The largest absolute Gasteiger partial charge is 0.393 e. The summed E-state index contributed by atoms with van der Waals surface area (Å²) in [6.07, 6.45) is 2.41. The molecule has 24 heavy (non-hydrogen) atoms. The summed E-state index contributed by atoms with van der Waals surface area (Å²) in [5.41, 5.74) is 1.59. The van der Waals surface area contributed by atoms with Gasteiger partial charge in [-0.3, -0.25) is 4.79 Å². The van der Waals surface area contributed by atoms with Gasteiger partial charge in [0.1, 0.15) is 11.5 Å². The second-order valence-electron chi connectivity index (χ2n) is 5.72. The molecule has 0 bridgehead atoms. The smallest absolute Gasteiger partial charge is 0.255 e. The van der Waals surface area contributed by atoms with Crippen LogP contribution in [0.3, 0.4) is 0 Å². The van der Waals surface area contributed by atoms with E-state index in [1.165, 1.54) is 18.3 Å². The fraction of sp³-hybridized carbons (Fsp3) is 0.263. The van der Waals surface area contributed by atoms with Crippen LogP contribution in [0.2, 0.25) is 0 Å². The molecule has 3 rings (SSSR count). The molecule has 0 saturated carbocycles. The minimum absolute atomic E-state index is 0.0842. The van der Waals surface area contributed by atoms with E-state index in [2.05, 4.69) is 16.8 Å². The number of likely N-dealkylation sites (tertiary alicyclic amines) is 1. The number of benzene rings is 1. The van der Waals surface area contributed by atoms with Crippen molar-refractivity contribution in [3.05, 3.63) is 65.2 Å². The molecular formula is C19H17FN2O2. The molecule has 1 aromatic carbocycles. The number of amides is 1. The molecule has 2 aromatic rings. The summed E-state index contributed by atoms with van der Waals surface area (Å²) < 4.78 is 13.1. The summed E-state index contributed by atoms with van der Waals surface area (Å²) in [6.45, 7) is 1.11. The van der Waals surface area contributed by atoms with Gasteiger partial charge < -0.3 is 10.0 Å². The van der Waals surface area contributed by atoms with E-state index in [9.17, 15) is 14.3 Å². The normalized spacial score (nSPS) is 14.8. The number of hydrogen-bond donors (Lipinski definition) is 1. The lowest BCUT2D eigenvalue weighted by Gasteiger charge is -2.29. The highest BCUT2D eigenvalue weighted by atomic mass is 19.1. The molecule has 5 heteroatoms. The van der Waals surface area contributed by atoms with E-state index >= 15 is 0 Å². The van der Waals surface area contributed by atoms with Crippen molar-refractivity contribution in [1.29, 1.82) is 0 Å². The summed E-state index contributed by atoms with van der Waals surface area (Å²) in [7, 11) is 0. The molecule has 0 spiro atoms. The van der Waals surface area contributed by atoms with E-state index in [0.29, 0.717) is 42.8 Å². The number of hydrogen-bond acceptors (Lipinski definition) is 3. The van der Waals surface area contributed by atoms with Crippen molar-refractivity contribution in [2.45, 2.75) is 18.9 Å². The van der Waals surface area contributed by atoms with Crippen molar-refractivity contribution in [3.63, 3.8) is 0 Å². The third-order valence-corrected chi connectivity index (χ3v) is 3.92. The average Bonchev–Trinajstić information content (AvgIpc) is 2.61. The van der Waals surface area contributed by atoms with Gasteiger partial charge in [-0.15, -0.1) is 0 Å². The molecule has 0 aliphatic carbocycles. The van der Waals surface area contributed by atoms with Crippen LogP contribution >= 0.6 is 0 Å². The molecule has 0 atom stereocenters. The third kappa shape index (κ3) is 3.98. The maximum atomic E-state index is 13.1. The zero-order valence-electron chi connectivity index (χ0n) is 13.1. The van der Waals surface area contributed by atoms with Gasteiger partial charge in [0, 0.05) is 24.8 Å². The lowest BCUT2D eigenvalue weighted by atomic mass is 10.1. The maximum absolute atomic E-state index is 13.1. The van der Waals surface area contributed by atoms with E-state index in [-0.39, 0.29) is 17.8 Å². The number of carbonyl (C=O) groups is 1. The Labute approximate surface area is 140 Å². The summed E-state index contributed by atoms with van der Waals surface area (Å²) in [5, 5.41) is 9.50. The molecule has 1 aromatic heterocycles. The first-order chi connectivity index (χ1) is 11.6. The van der Waals surface area contributed by atoms with Gasteiger partial charge in [-0.05, 0) is 49.1 Å². The van der Waals surface area contributed by atoms with Crippen LogP contribution in [0.1, 0.15) is 34.5 Å². The van der Waals surface area contributed by atoms with Crippen LogP contribution in [0.15, 0.2) is 42.6 Å². The predicted octanol–water partition coefficient (Wildman–Crippen LogP) is 2.22. The van der Waals surface area contributed by atoms with Gasteiger partial charge >= 0.3 is 0 Å². The van der Waals surface area contributed by atoms with Gasteiger partial charge in [0.15, 0.2) is 0 Å². The number of pyridine rings is 1. The molecule has 0 radical (unpaired) electrons. The van der Waals surface area contributed by atoms with Crippen LogP contribution in [0.5, 0.6) is 0 Å². The Kier molecular flexibility index (Phi) is 4.88. The summed E-state index contributed by atoms with van der Waals surface area (Å²) in [4.78, 5) is 18.3. The van der Waals surface area contributed by atoms with Gasteiger partial charge in [-0.1, -0.05) is 12.0 Å². The number of aromatic nitrogens is 1. The van der Waals surface area contributed by atoms with Crippen molar-refractivity contribution in [3.8, 4) is 11.8 Å². The molecular weight excluding hydrogens is 307 g/mol. The number of aliphatic hydroxyl groups excluding tert-OH is 1. The van der Waals surface area contributed by atoms with E-state index in [0.717, 1.165) is 0 Å². The van der Waals surface area contributed by atoms with Crippen molar-refractivity contribution in [2.75, 3.05) is 13.1 Å². The van der Waals surface area contributed by atoms with Gasteiger partial charge in [-0.2, -0.15) is 0 Å². The molecule has 1 fully saturated rings. The Bertz CT molecular complexity index is 785. The second kappa shape index (κ2) is 7.24. The fourth-order valence-electron chi connectivity index (χ4n) is 2.55. The maximum Gasteiger partial charge on any atom is 0.255 e. The first-order valence-electron chi connectivity index (χ1n) is 7.83. The van der Waals surface area contributed by atoms with Crippen LogP contribution in [0, 0.1) is 17.7 Å². The number of rotatable bonds is 1. The minimum Gasteiger partial charge on any atom is -0.393 e. The van der Waals surface area contributed by atoms with Crippen LogP contribution < -0.4 is 0 Å². The number of carbonyl (C=O) groups excluding carboxylic acids is 1. The zero-order valence-corrected chi connectivity index (χ0v) is 13.1. The third-order valence-electron chi connectivity index (χ3n) is 3.92. The van der Waals surface area contributed by atoms with Crippen molar-refractivity contribution >= 4 is 5.91 Å². The van der Waals surface area contributed by atoms with Gasteiger partial charge in [0.05, 0.1) is 11.7 Å². The first-order valence-corrected chi connectivity index (χ1v) is 7.83. The van der Waals surface area contributed by atoms with Gasteiger partial charge in [0.2, 0.25) is 0 Å². The Hall–Kier alpha value is -2.71. The molecule has 1 amide bonds. The summed E-state index contributed by atoms with van der Waals surface area (Å²) in [6, 6.07) is 9.41. The van der Waals surface area contributed by atoms with Crippen LogP contribution in [-0.4, -0.2) is 40.1 Å². The van der Waals surface area contributed by atoms with Crippen LogP contribution in [0.25, 0.3) is 0 Å². The zero-order chi connectivity index (χ0) is 16.9. The summed E-state index contributed by atoms with van der Waals surface area (Å²) >= 11 is 0. The number of aliphatic hydroxyl groups is 1. The molecule has 1 aliphatic rings. The SMILES string of the molecule is O=C(c1ccc(C#Cc2cccc(F)c2)nc1)N1CCC(O)CC1. The van der Waals surface area contributed by atoms with Gasteiger partial charge in [0.25, 0.3) is 5.91 Å². The molecule has 1 aliphatic heterocycles. The molecule has 0 unspecified atom stereocenters. The van der Waals surface area contributed by atoms with Gasteiger partial charge in [-0.25, -0.2) is 9.37 Å². The molecule has 4 nitrogen and oxygen atoms in total. The summed E-state index contributed by atoms with van der Waals surface area (Å²) in [5.74, 6) is 5.28. The number of nitrogens with zero attached hydrogens (tertiary/aromatic N) is 2. The van der Waals surface area contributed by atoms with Crippen LogP contribution in [-0.2, 0) is 0 Å². The molecule has 1 N–H and O–H groups in total. The van der Waals surface area contributed by atoms with E-state index in [1.807, 2.05) is 0 Å². The monoisotopic (exact) mass is 324 g/mol. The Morgan fingerprint density at radius 2 is 2.00 bits per heavy atom. The molecule has 122 valence electrons.